The fourth-order valence-electron chi connectivity index (χ4n) is 1.61. The van der Waals surface area contributed by atoms with Crippen molar-refractivity contribution in [3.63, 3.8) is 0 Å². The Morgan fingerprint density at radius 1 is 1.48 bits per heavy atom. The Hall–Kier alpha value is -2.81. The van der Waals surface area contributed by atoms with Crippen LogP contribution in [-0.2, 0) is 9.59 Å². The number of amides is 1. The molecule has 0 aliphatic rings. The van der Waals surface area contributed by atoms with Crippen LogP contribution >= 0.6 is 0 Å². The first kappa shape index (κ1) is 16.2. The minimum Gasteiger partial charge on any atom is -0.483 e. The molecule has 0 atom stereocenters. The van der Waals surface area contributed by atoms with Gasteiger partial charge in [-0.05, 0) is 18.6 Å². The predicted octanol–water partition coefficient (Wildman–Crippen LogP) is 1.50. The molecule has 6 nitrogen and oxygen atoms in total. The monoisotopic (exact) mass is 288 g/mol. The number of carboxylic acid groups (broad SMARTS) is 1. The molecule has 1 rings (SSSR count). The zero-order valence-electron chi connectivity index (χ0n) is 11.6. The number of nitrogens with zero attached hydrogens (tertiary/aromatic N) is 1. The zero-order valence-corrected chi connectivity index (χ0v) is 11.6. The molecule has 0 fully saturated rings. The van der Waals surface area contributed by atoms with Crippen molar-refractivity contribution in [2.24, 2.45) is 0 Å². The van der Waals surface area contributed by atoms with Gasteiger partial charge in [-0.3, -0.25) is 4.79 Å². The van der Waals surface area contributed by atoms with Gasteiger partial charge in [-0.1, -0.05) is 18.2 Å². The van der Waals surface area contributed by atoms with E-state index in [0.717, 1.165) is 11.6 Å². The Balaban J connectivity index is 2.72. The van der Waals surface area contributed by atoms with E-state index in [1.807, 2.05) is 6.07 Å². The van der Waals surface area contributed by atoms with Crippen molar-refractivity contribution in [2.45, 2.75) is 13.3 Å². The summed E-state index contributed by atoms with van der Waals surface area (Å²) in [6, 6.07) is 7.21. The number of aryl methyl sites for hydroxylation is 1. The van der Waals surface area contributed by atoms with Gasteiger partial charge in [0.1, 0.15) is 5.75 Å². The van der Waals surface area contributed by atoms with Gasteiger partial charge in [0.2, 0.25) is 0 Å². The van der Waals surface area contributed by atoms with Gasteiger partial charge in [0.15, 0.2) is 6.61 Å². The van der Waals surface area contributed by atoms with Crippen molar-refractivity contribution in [1.82, 2.24) is 5.32 Å². The van der Waals surface area contributed by atoms with Crippen LogP contribution in [0.3, 0.4) is 0 Å². The number of benzene rings is 1. The van der Waals surface area contributed by atoms with E-state index >= 15 is 0 Å². The first-order valence-corrected chi connectivity index (χ1v) is 6.31. The lowest BCUT2D eigenvalue weighted by atomic mass is 10.1. The lowest BCUT2D eigenvalue weighted by molar-refractivity contribution is -0.131. The minimum absolute atomic E-state index is 0.190. The van der Waals surface area contributed by atoms with E-state index in [1.165, 1.54) is 6.08 Å². The quantitative estimate of drug-likeness (QED) is 0.585. The number of para-hydroxylation sites is 1. The Morgan fingerprint density at radius 3 is 2.90 bits per heavy atom. The van der Waals surface area contributed by atoms with E-state index in [-0.39, 0.29) is 25.5 Å². The number of aliphatic carboxylic acids is 1. The summed E-state index contributed by atoms with van der Waals surface area (Å²) in [5, 5.41) is 19.6. The molecule has 1 amide bonds. The van der Waals surface area contributed by atoms with Crippen molar-refractivity contribution >= 4 is 18.0 Å². The second-order valence-corrected chi connectivity index (χ2v) is 4.21. The molecule has 0 heterocycles. The van der Waals surface area contributed by atoms with Crippen molar-refractivity contribution in [3.8, 4) is 11.8 Å². The van der Waals surface area contributed by atoms with Crippen LogP contribution in [-0.4, -0.2) is 30.1 Å². The summed E-state index contributed by atoms with van der Waals surface area (Å²) < 4.78 is 5.45. The molecule has 110 valence electrons. The Labute approximate surface area is 122 Å². The highest BCUT2D eigenvalue weighted by molar-refractivity contribution is 5.86. The topological polar surface area (TPSA) is 99.4 Å². The molecular weight excluding hydrogens is 272 g/mol. The highest BCUT2D eigenvalue weighted by Crippen LogP contribution is 2.24. The van der Waals surface area contributed by atoms with Crippen LogP contribution < -0.4 is 10.1 Å². The standard InChI is InChI=1S/C15H16N2O4/c1-11-4-2-5-12(6-7-14(19)20)15(11)21-10-13(18)17-9-3-8-16/h2,4-7H,3,9-10H2,1H3,(H,17,18)(H,19,20)/b7-6+. The fourth-order valence-corrected chi connectivity index (χ4v) is 1.61. The van der Waals surface area contributed by atoms with Gasteiger partial charge in [0.05, 0.1) is 12.5 Å². The average Bonchev–Trinajstić information content (AvgIpc) is 2.44. The lowest BCUT2D eigenvalue weighted by Gasteiger charge is -2.12. The number of carboxylic acids is 1. The molecular formula is C15H16N2O4. The molecule has 0 unspecified atom stereocenters. The second-order valence-electron chi connectivity index (χ2n) is 4.21. The van der Waals surface area contributed by atoms with Crippen LogP contribution in [0.1, 0.15) is 17.5 Å². The van der Waals surface area contributed by atoms with Crippen molar-refractivity contribution < 1.29 is 19.4 Å². The van der Waals surface area contributed by atoms with Crippen LogP contribution in [0.25, 0.3) is 6.08 Å². The Morgan fingerprint density at radius 2 is 2.24 bits per heavy atom. The summed E-state index contributed by atoms with van der Waals surface area (Å²) >= 11 is 0. The van der Waals surface area contributed by atoms with Crippen molar-refractivity contribution in [2.75, 3.05) is 13.2 Å². The summed E-state index contributed by atoms with van der Waals surface area (Å²) in [5.74, 6) is -0.927. The van der Waals surface area contributed by atoms with Crippen LogP contribution in [0, 0.1) is 18.3 Å². The third-order valence-electron chi connectivity index (χ3n) is 2.55. The summed E-state index contributed by atoms with van der Waals surface area (Å²) in [4.78, 5) is 22.1. The van der Waals surface area contributed by atoms with E-state index in [0.29, 0.717) is 11.3 Å². The maximum Gasteiger partial charge on any atom is 0.328 e. The molecule has 0 aliphatic heterocycles. The van der Waals surface area contributed by atoms with Gasteiger partial charge in [-0.2, -0.15) is 5.26 Å². The largest absolute Gasteiger partial charge is 0.483 e. The fraction of sp³-hybridized carbons (Fsp3) is 0.267. The zero-order chi connectivity index (χ0) is 15.7. The van der Waals surface area contributed by atoms with Gasteiger partial charge in [-0.25, -0.2) is 4.79 Å². The molecule has 0 bridgehead atoms. The Kier molecular flexibility index (Phi) is 6.48. The van der Waals surface area contributed by atoms with E-state index in [4.69, 9.17) is 15.1 Å². The molecule has 0 radical (unpaired) electrons. The third-order valence-corrected chi connectivity index (χ3v) is 2.55. The molecule has 21 heavy (non-hydrogen) atoms. The first-order valence-electron chi connectivity index (χ1n) is 6.31. The molecule has 0 aromatic heterocycles. The minimum atomic E-state index is -1.06. The summed E-state index contributed by atoms with van der Waals surface area (Å²) in [7, 11) is 0. The average molecular weight is 288 g/mol. The summed E-state index contributed by atoms with van der Waals surface area (Å²) in [6.07, 6.45) is 2.66. The van der Waals surface area contributed by atoms with E-state index in [1.54, 1.807) is 25.1 Å². The van der Waals surface area contributed by atoms with E-state index in [9.17, 15) is 9.59 Å². The summed E-state index contributed by atoms with van der Waals surface area (Å²) in [5.41, 5.74) is 1.38. The first-order chi connectivity index (χ1) is 10.0. The Bertz CT molecular complexity index is 588. The molecule has 0 spiro atoms. The van der Waals surface area contributed by atoms with E-state index in [2.05, 4.69) is 5.32 Å². The molecule has 1 aromatic rings. The number of nitriles is 1. The van der Waals surface area contributed by atoms with Crippen molar-refractivity contribution in [1.29, 1.82) is 5.26 Å². The smallest absolute Gasteiger partial charge is 0.328 e. The highest BCUT2D eigenvalue weighted by Gasteiger charge is 2.08. The molecule has 2 N–H and O–H groups in total. The number of carbonyl (C=O) groups excluding carboxylic acids is 1. The number of hydrogen-bond donors (Lipinski definition) is 2. The van der Waals surface area contributed by atoms with Gasteiger partial charge in [-0.15, -0.1) is 0 Å². The van der Waals surface area contributed by atoms with Gasteiger partial charge >= 0.3 is 5.97 Å². The molecule has 0 aliphatic carbocycles. The van der Waals surface area contributed by atoms with Gasteiger partial charge in [0.25, 0.3) is 5.91 Å². The lowest BCUT2D eigenvalue weighted by Crippen LogP contribution is -2.29. The normalized spacial score (nSPS) is 10.1. The number of carbonyl (C=O) groups is 2. The van der Waals surface area contributed by atoms with Crippen LogP contribution in [0.2, 0.25) is 0 Å². The van der Waals surface area contributed by atoms with Crippen LogP contribution in [0.15, 0.2) is 24.3 Å². The second kappa shape index (κ2) is 8.38. The summed E-state index contributed by atoms with van der Waals surface area (Å²) in [6.45, 7) is 1.89. The van der Waals surface area contributed by atoms with Gasteiger partial charge < -0.3 is 15.2 Å². The number of rotatable bonds is 7. The maximum atomic E-state index is 11.5. The van der Waals surface area contributed by atoms with Crippen LogP contribution in [0.4, 0.5) is 0 Å². The number of hydrogen-bond acceptors (Lipinski definition) is 4. The van der Waals surface area contributed by atoms with Crippen molar-refractivity contribution in [3.05, 3.63) is 35.4 Å². The van der Waals surface area contributed by atoms with Crippen LogP contribution in [0.5, 0.6) is 5.75 Å². The van der Waals surface area contributed by atoms with E-state index < -0.39 is 5.97 Å². The molecule has 0 saturated heterocycles. The number of ether oxygens (including phenoxy) is 1. The molecule has 6 heteroatoms. The maximum absolute atomic E-state index is 11.5. The third kappa shape index (κ3) is 5.78. The molecule has 1 aromatic carbocycles. The predicted molar refractivity (Wildman–Crippen MR) is 76.6 cm³/mol. The van der Waals surface area contributed by atoms with Gasteiger partial charge in [0, 0.05) is 18.2 Å². The highest BCUT2D eigenvalue weighted by atomic mass is 16.5. The molecule has 0 saturated carbocycles. The SMILES string of the molecule is Cc1cccc(/C=C/C(=O)O)c1OCC(=O)NCCC#N. The number of nitrogens with one attached hydrogen (secondary N) is 1.